The van der Waals surface area contributed by atoms with Crippen LogP contribution in [0.25, 0.3) is 10.9 Å². The fourth-order valence-electron chi connectivity index (χ4n) is 2.48. The summed E-state index contributed by atoms with van der Waals surface area (Å²) in [6.45, 7) is 6.91. The molecule has 0 fully saturated rings. The van der Waals surface area contributed by atoms with Crippen molar-refractivity contribution in [3.63, 3.8) is 0 Å². The molecular weight excluding hydrogens is 324 g/mol. The summed E-state index contributed by atoms with van der Waals surface area (Å²) in [5.41, 5.74) is 6.10. The van der Waals surface area contributed by atoms with E-state index in [2.05, 4.69) is 4.98 Å². The summed E-state index contributed by atoms with van der Waals surface area (Å²) in [5.74, 6) is -1.88. The fourth-order valence-corrected chi connectivity index (χ4v) is 2.48. The first-order chi connectivity index (χ1) is 11.6. The van der Waals surface area contributed by atoms with Crippen molar-refractivity contribution in [1.29, 1.82) is 0 Å². The second kappa shape index (κ2) is 6.96. The number of primary amides is 1. The Morgan fingerprint density at radius 1 is 1.20 bits per heavy atom. The molecule has 0 saturated carbocycles. The number of esters is 1. The Balaban J connectivity index is 2.29. The van der Waals surface area contributed by atoms with Crippen molar-refractivity contribution in [1.82, 2.24) is 4.98 Å². The number of Topliss-reactive ketones (excluding diaryl/α,β-unsaturated/α-hetero) is 1. The normalized spacial score (nSPS) is 11.4. The van der Waals surface area contributed by atoms with Gasteiger partial charge in [-0.05, 0) is 45.4 Å². The summed E-state index contributed by atoms with van der Waals surface area (Å²) in [5, 5.41) is 0.530. The number of ketones is 1. The van der Waals surface area contributed by atoms with Crippen molar-refractivity contribution >= 4 is 28.6 Å². The number of nitrogens with two attached hydrogens (primary N) is 1. The first kappa shape index (κ1) is 18.5. The standard InChI is InChI=1S/C18H22N2O5/c1-5-12-15(16(22)17(19)23)11-8-10(6-7-13(11)20-12)24-9-14(21)25-18(2,3)4/h6-8,20H,5,9H2,1-4H3,(H2,19,23). The quantitative estimate of drug-likeness (QED) is 0.473. The first-order valence-corrected chi connectivity index (χ1v) is 7.95. The van der Waals surface area contributed by atoms with Crippen molar-refractivity contribution in [3.8, 4) is 5.75 Å². The predicted molar refractivity (Wildman–Crippen MR) is 92.5 cm³/mol. The zero-order valence-electron chi connectivity index (χ0n) is 14.8. The summed E-state index contributed by atoms with van der Waals surface area (Å²) in [7, 11) is 0. The number of amides is 1. The monoisotopic (exact) mass is 346 g/mol. The highest BCUT2D eigenvalue weighted by Gasteiger charge is 2.22. The maximum atomic E-state index is 12.1. The molecule has 1 amide bonds. The number of aromatic nitrogens is 1. The number of aromatic amines is 1. The smallest absolute Gasteiger partial charge is 0.344 e. The molecule has 0 atom stereocenters. The highest BCUT2D eigenvalue weighted by atomic mass is 16.6. The third-order valence-electron chi connectivity index (χ3n) is 3.43. The Labute approximate surface area is 145 Å². The molecule has 25 heavy (non-hydrogen) atoms. The minimum atomic E-state index is -1.02. The van der Waals surface area contributed by atoms with Gasteiger partial charge in [-0.3, -0.25) is 9.59 Å². The molecule has 0 unspecified atom stereocenters. The van der Waals surface area contributed by atoms with Crippen molar-refractivity contribution in [2.45, 2.75) is 39.7 Å². The van der Waals surface area contributed by atoms with Gasteiger partial charge >= 0.3 is 5.97 Å². The Kier molecular flexibility index (Phi) is 5.15. The number of carbonyl (C=O) groups is 3. The van der Waals surface area contributed by atoms with Gasteiger partial charge in [0.05, 0.1) is 5.56 Å². The van der Waals surface area contributed by atoms with Crippen molar-refractivity contribution in [2.75, 3.05) is 6.61 Å². The largest absolute Gasteiger partial charge is 0.482 e. The molecule has 3 N–H and O–H groups in total. The van der Waals surface area contributed by atoms with Gasteiger partial charge in [0.15, 0.2) is 6.61 Å². The number of H-pyrrole nitrogens is 1. The van der Waals surface area contributed by atoms with Crippen LogP contribution < -0.4 is 10.5 Å². The summed E-state index contributed by atoms with van der Waals surface area (Å²) in [6, 6.07) is 4.99. The van der Waals surface area contributed by atoms with Gasteiger partial charge < -0.3 is 20.2 Å². The zero-order valence-corrected chi connectivity index (χ0v) is 14.8. The van der Waals surface area contributed by atoms with E-state index in [-0.39, 0.29) is 12.2 Å². The topological polar surface area (TPSA) is 111 Å². The molecule has 1 heterocycles. The Morgan fingerprint density at radius 3 is 2.44 bits per heavy atom. The number of ether oxygens (including phenoxy) is 2. The maximum Gasteiger partial charge on any atom is 0.344 e. The van der Waals surface area contributed by atoms with Crippen LogP contribution in [0.15, 0.2) is 18.2 Å². The average molecular weight is 346 g/mol. The van der Waals surface area contributed by atoms with Crippen LogP contribution in [0.3, 0.4) is 0 Å². The molecule has 7 heteroatoms. The van der Waals surface area contributed by atoms with Gasteiger partial charge in [-0.2, -0.15) is 0 Å². The molecule has 0 aliphatic heterocycles. The van der Waals surface area contributed by atoms with Crippen molar-refractivity contribution < 1.29 is 23.9 Å². The summed E-state index contributed by atoms with van der Waals surface area (Å²) < 4.78 is 10.6. The van der Waals surface area contributed by atoms with Crippen LogP contribution in [0.5, 0.6) is 5.75 Å². The van der Waals surface area contributed by atoms with Gasteiger partial charge in [0, 0.05) is 16.6 Å². The second-order valence-corrected chi connectivity index (χ2v) is 6.61. The molecule has 0 radical (unpaired) electrons. The van der Waals surface area contributed by atoms with Crippen LogP contribution in [0.4, 0.5) is 0 Å². The van der Waals surface area contributed by atoms with E-state index < -0.39 is 23.3 Å². The van der Waals surface area contributed by atoms with Crippen LogP contribution >= 0.6 is 0 Å². The van der Waals surface area contributed by atoms with Gasteiger partial charge in [-0.1, -0.05) is 6.92 Å². The molecule has 0 saturated heterocycles. The van der Waals surface area contributed by atoms with Crippen LogP contribution in [0, 0.1) is 0 Å². The lowest BCUT2D eigenvalue weighted by molar-refractivity contribution is -0.157. The van der Waals surface area contributed by atoms with Crippen LogP contribution in [0.2, 0.25) is 0 Å². The highest BCUT2D eigenvalue weighted by Crippen LogP contribution is 2.27. The van der Waals surface area contributed by atoms with E-state index >= 15 is 0 Å². The maximum absolute atomic E-state index is 12.1. The SMILES string of the molecule is CCc1[nH]c2ccc(OCC(=O)OC(C)(C)C)cc2c1C(=O)C(N)=O. The van der Waals surface area contributed by atoms with E-state index in [1.807, 2.05) is 6.92 Å². The van der Waals surface area contributed by atoms with E-state index in [9.17, 15) is 14.4 Å². The van der Waals surface area contributed by atoms with Gasteiger partial charge in [0.25, 0.3) is 11.7 Å². The third kappa shape index (κ3) is 4.37. The van der Waals surface area contributed by atoms with Crippen LogP contribution in [0.1, 0.15) is 43.7 Å². The second-order valence-electron chi connectivity index (χ2n) is 6.61. The summed E-state index contributed by atoms with van der Waals surface area (Å²) >= 11 is 0. The lowest BCUT2D eigenvalue weighted by Gasteiger charge is -2.19. The summed E-state index contributed by atoms with van der Waals surface area (Å²) in [6.07, 6.45) is 0.539. The molecule has 2 aromatic rings. The minimum Gasteiger partial charge on any atom is -0.482 e. The number of nitrogens with one attached hydrogen (secondary N) is 1. The Hall–Kier alpha value is -2.83. The van der Waals surface area contributed by atoms with Crippen LogP contribution in [-0.2, 0) is 20.7 Å². The summed E-state index contributed by atoms with van der Waals surface area (Å²) in [4.78, 5) is 38.3. The first-order valence-electron chi connectivity index (χ1n) is 7.95. The number of fused-ring (bicyclic) bond motifs is 1. The minimum absolute atomic E-state index is 0.243. The number of rotatable bonds is 6. The fraction of sp³-hybridized carbons (Fsp3) is 0.389. The Morgan fingerprint density at radius 2 is 1.88 bits per heavy atom. The highest BCUT2D eigenvalue weighted by molar-refractivity contribution is 6.44. The molecule has 0 aliphatic carbocycles. The van der Waals surface area contributed by atoms with E-state index in [4.69, 9.17) is 15.2 Å². The van der Waals surface area contributed by atoms with Crippen molar-refractivity contribution in [2.24, 2.45) is 5.73 Å². The molecule has 0 spiro atoms. The number of hydrogen-bond donors (Lipinski definition) is 2. The van der Waals surface area contributed by atoms with Gasteiger partial charge in [-0.15, -0.1) is 0 Å². The van der Waals surface area contributed by atoms with Crippen LogP contribution in [-0.4, -0.2) is 34.9 Å². The van der Waals surface area contributed by atoms with Gasteiger partial charge in [-0.25, -0.2) is 4.79 Å². The molecule has 134 valence electrons. The Bertz CT molecular complexity index is 830. The molecule has 1 aromatic heterocycles. The molecule has 0 aliphatic rings. The van der Waals surface area contributed by atoms with E-state index in [0.29, 0.717) is 28.8 Å². The zero-order chi connectivity index (χ0) is 18.8. The average Bonchev–Trinajstić information content (AvgIpc) is 2.88. The molecule has 7 nitrogen and oxygen atoms in total. The number of hydrogen-bond acceptors (Lipinski definition) is 5. The third-order valence-corrected chi connectivity index (χ3v) is 3.43. The lowest BCUT2D eigenvalue weighted by atomic mass is 10.0. The molecule has 1 aromatic carbocycles. The lowest BCUT2D eigenvalue weighted by Crippen LogP contribution is -2.27. The van der Waals surface area contributed by atoms with Gasteiger partial charge in [0.2, 0.25) is 0 Å². The number of benzene rings is 1. The van der Waals surface area contributed by atoms with E-state index in [1.54, 1.807) is 39.0 Å². The number of carbonyl (C=O) groups excluding carboxylic acids is 3. The molecular formula is C18H22N2O5. The van der Waals surface area contributed by atoms with Crippen molar-refractivity contribution in [3.05, 3.63) is 29.5 Å². The van der Waals surface area contributed by atoms with E-state index in [0.717, 1.165) is 0 Å². The number of aryl methyl sites for hydroxylation is 1. The molecule has 0 bridgehead atoms. The van der Waals surface area contributed by atoms with Gasteiger partial charge in [0.1, 0.15) is 11.4 Å². The predicted octanol–water partition coefficient (Wildman–Crippen LogP) is 2.12. The molecule has 2 rings (SSSR count). The van der Waals surface area contributed by atoms with E-state index in [1.165, 1.54) is 0 Å².